The van der Waals surface area contributed by atoms with Crippen LogP contribution in [0.5, 0.6) is 0 Å². The standard InChI is InChI=1S/C32H39FN4O4S/c1-4-24(14-13-23(2)33)28-22-30(28)34-16-15-29(32(39)36-17-19-37(20-18-36)42(3,40)41)35-31(38)27-12-8-11-26(21-27)25-9-6-5-7-10-25/h4-14,21,28-30,34H,1,15-20,22H2,2-3H3,(H,35,38)/b23-13+,24-14+/t28-,29-,30+/m0/s1. The van der Waals surface area contributed by atoms with Crippen LogP contribution in [0.4, 0.5) is 4.39 Å². The van der Waals surface area contributed by atoms with E-state index in [1.165, 1.54) is 17.3 Å². The van der Waals surface area contributed by atoms with Gasteiger partial charge in [-0.15, -0.1) is 0 Å². The van der Waals surface area contributed by atoms with Crippen molar-refractivity contribution < 1.29 is 22.4 Å². The predicted molar refractivity (Wildman–Crippen MR) is 164 cm³/mol. The van der Waals surface area contributed by atoms with Crippen molar-refractivity contribution in [2.75, 3.05) is 39.0 Å². The summed E-state index contributed by atoms with van der Waals surface area (Å²) in [6.45, 7) is 6.67. The third-order valence-corrected chi connectivity index (χ3v) is 8.96. The third kappa shape index (κ3) is 8.47. The smallest absolute Gasteiger partial charge is 0.251 e. The summed E-state index contributed by atoms with van der Waals surface area (Å²) in [5.74, 6) is -0.648. The Hall–Kier alpha value is -3.60. The zero-order valence-electron chi connectivity index (χ0n) is 24.1. The zero-order valence-corrected chi connectivity index (χ0v) is 24.9. The van der Waals surface area contributed by atoms with Crippen LogP contribution in [0.3, 0.4) is 0 Å². The van der Waals surface area contributed by atoms with Gasteiger partial charge >= 0.3 is 0 Å². The zero-order chi connectivity index (χ0) is 30.3. The van der Waals surface area contributed by atoms with Gasteiger partial charge in [0.2, 0.25) is 15.9 Å². The SMILES string of the molecule is C=C/C(=C\C=C(/C)F)[C@@H]1C[C@H]1NCC[C@H](NC(=O)c1cccc(-c2ccccc2)c1)C(=O)N1CCN(S(C)(=O)=O)CC1. The van der Waals surface area contributed by atoms with E-state index in [2.05, 4.69) is 17.2 Å². The molecule has 1 saturated heterocycles. The fourth-order valence-corrected chi connectivity index (χ4v) is 6.01. The number of sulfonamides is 1. The number of carbonyl (C=O) groups excluding carboxylic acids is 2. The molecule has 2 fully saturated rings. The van der Waals surface area contributed by atoms with Crippen LogP contribution in [0.2, 0.25) is 0 Å². The molecule has 10 heteroatoms. The quantitative estimate of drug-likeness (QED) is 0.363. The Morgan fingerprint density at radius 3 is 2.38 bits per heavy atom. The normalized spacial score (nSPS) is 20.6. The molecule has 1 aliphatic carbocycles. The monoisotopic (exact) mass is 594 g/mol. The number of carbonyl (C=O) groups is 2. The summed E-state index contributed by atoms with van der Waals surface area (Å²) in [5.41, 5.74) is 3.28. The van der Waals surface area contributed by atoms with Crippen molar-refractivity contribution in [1.29, 1.82) is 0 Å². The lowest BCUT2D eigenvalue weighted by atomic mass is 10.0. The second-order valence-corrected chi connectivity index (χ2v) is 12.8. The number of nitrogens with one attached hydrogen (secondary N) is 2. The number of hydrogen-bond donors (Lipinski definition) is 2. The molecule has 1 aliphatic heterocycles. The molecule has 0 bridgehead atoms. The molecule has 1 saturated carbocycles. The lowest BCUT2D eigenvalue weighted by Gasteiger charge is -2.35. The Balaban J connectivity index is 1.43. The molecule has 3 atom stereocenters. The summed E-state index contributed by atoms with van der Waals surface area (Å²) >= 11 is 0. The Bertz CT molecular complexity index is 1450. The predicted octanol–water partition coefficient (Wildman–Crippen LogP) is 3.91. The highest BCUT2D eigenvalue weighted by atomic mass is 32.2. The number of nitrogens with zero attached hydrogens (tertiary/aromatic N) is 2. The van der Waals surface area contributed by atoms with E-state index < -0.39 is 16.1 Å². The summed E-state index contributed by atoms with van der Waals surface area (Å²) in [4.78, 5) is 28.6. The number of hydrogen-bond acceptors (Lipinski definition) is 5. The van der Waals surface area contributed by atoms with Crippen LogP contribution < -0.4 is 10.6 Å². The average molecular weight is 595 g/mol. The van der Waals surface area contributed by atoms with Crippen molar-refractivity contribution in [1.82, 2.24) is 19.8 Å². The number of halogens is 1. The third-order valence-electron chi connectivity index (χ3n) is 7.65. The molecule has 8 nitrogen and oxygen atoms in total. The highest BCUT2D eigenvalue weighted by molar-refractivity contribution is 7.88. The molecular weight excluding hydrogens is 555 g/mol. The van der Waals surface area contributed by atoms with E-state index in [1.54, 1.807) is 29.2 Å². The molecule has 0 spiro atoms. The number of rotatable bonds is 12. The van der Waals surface area contributed by atoms with Crippen molar-refractivity contribution in [3.8, 4) is 11.1 Å². The van der Waals surface area contributed by atoms with E-state index in [4.69, 9.17) is 0 Å². The van der Waals surface area contributed by atoms with Crippen LogP contribution in [0.15, 0.2) is 90.8 Å². The van der Waals surface area contributed by atoms with Crippen molar-refractivity contribution in [3.05, 3.63) is 96.4 Å². The lowest BCUT2D eigenvalue weighted by molar-refractivity contribution is -0.134. The van der Waals surface area contributed by atoms with Crippen molar-refractivity contribution >= 4 is 21.8 Å². The maximum Gasteiger partial charge on any atom is 0.251 e. The van der Waals surface area contributed by atoms with Gasteiger partial charge < -0.3 is 15.5 Å². The molecule has 2 amide bonds. The molecule has 2 aliphatic rings. The average Bonchev–Trinajstić information content (AvgIpc) is 3.75. The summed E-state index contributed by atoms with van der Waals surface area (Å²) in [7, 11) is -3.34. The maximum atomic E-state index is 13.6. The second kappa shape index (κ2) is 14.0. The van der Waals surface area contributed by atoms with Crippen molar-refractivity contribution in [2.45, 2.75) is 31.8 Å². The molecule has 0 radical (unpaired) electrons. The van der Waals surface area contributed by atoms with Gasteiger partial charge in [0.05, 0.1) is 12.1 Å². The van der Waals surface area contributed by atoms with Crippen LogP contribution in [-0.4, -0.2) is 80.5 Å². The maximum absolute atomic E-state index is 13.6. The molecular formula is C32H39FN4O4S. The van der Waals surface area contributed by atoms with E-state index in [0.717, 1.165) is 29.4 Å². The van der Waals surface area contributed by atoms with Crippen LogP contribution in [0.1, 0.15) is 30.1 Å². The van der Waals surface area contributed by atoms with Gasteiger partial charge in [0.15, 0.2) is 0 Å². The number of piperazine rings is 1. The highest BCUT2D eigenvalue weighted by Gasteiger charge is 2.38. The number of amides is 2. The largest absolute Gasteiger partial charge is 0.340 e. The first-order valence-electron chi connectivity index (χ1n) is 14.2. The van der Waals surface area contributed by atoms with Gasteiger partial charge in [-0.05, 0) is 61.2 Å². The molecule has 2 N–H and O–H groups in total. The second-order valence-electron chi connectivity index (χ2n) is 10.8. The number of benzene rings is 2. The summed E-state index contributed by atoms with van der Waals surface area (Å²) in [6, 6.07) is 16.4. The van der Waals surface area contributed by atoms with Crippen LogP contribution in [0.25, 0.3) is 11.1 Å². The fraction of sp³-hybridized carbons (Fsp3) is 0.375. The van der Waals surface area contributed by atoms with E-state index in [1.807, 2.05) is 42.5 Å². The molecule has 0 unspecified atom stereocenters. The van der Waals surface area contributed by atoms with Gasteiger partial charge in [-0.3, -0.25) is 9.59 Å². The van der Waals surface area contributed by atoms with Gasteiger partial charge in [-0.2, -0.15) is 4.31 Å². The molecule has 0 aromatic heterocycles. The minimum absolute atomic E-state index is 0.176. The first kappa shape index (κ1) is 31.3. The molecule has 4 rings (SSSR count). The molecule has 2 aromatic rings. The van der Waals surface area contributed by atoms with Gasteiger partial charge in [0, 0.05) is 43.7 Å². The van der Waals surface area contributed by atoms with Gasteiger partial charge in [-0.1, -0.05) is 61.2 Å². The van der Waals surface area contributed by atoms with E-state index in [0.29, 0.717) is 18.5 Å². The number of allylic oxidation sites excluding steroid dienone is 4. The topological polar surface area (TPSA) is 98.8 Å². The van der Waals surface area contributed by atoms with E-state index in [9.17, 15) is 22.4 Å². The summed E-state index contributed by atoms with van der Waals surface area (Å²) in [5, 5.41) is 6.40. The lowest BCUT2D eigenvalue weighted by Crippen LogP contribution is -2.56. The van der Waals surface area contributed by atoms with Gasteiger partial charge in [0.1, 0.15) is 6.04 Å². The molecule has 224 valence electrons. The Morgan fingerprint density at radius 1 is 1.05 bits per heavy atom. The van der Waals surface area contributed by atoms with Crippen LogP contribution in [-0.2, 0) is 14.8 Å². The molecule has 42 heavy (non-hydrogen) atoms. The highest BCUT2D eigenvalue weighted by Crippen LogP contribution is 2.38. The fourth-order valence-electron chi connectivity index (χ4n) is 5.19. The minimum Gasteiger partial charge on any atom is -0.340 e. The Kier molecular flexibility index (Phi) is 10.5. The molecule has 2 aromatic carbocycles. The van der Waals surface area contributed by atoms with E-state index in [-0.39, 0.29) is 55.8 Å². The van der Waals surface area contributed by atoms with Crippen LogP contribution in [0, 0.1) is 5.92 Å². The Morgan fingerprint density at radius 2 is 1.74 bits per heavy atom. The molecule has 1 heterocycles. The summed E-state index contributed by atoms with van der Waals surface area (Å²) in [6.07, 6.45) is 7.29. The van der Waals surface area contributed by atoms with E-state index >= 15 is 0 Å². The first-order chi connectivity index (χ1) is 20.1. The van der Waals surface area contributed by atoms with Gasteiger partial charge in [0.25, 0.3) is 5.91 Å². The summed E-state index contributed by atoms with van der Waals surface area (Å²) < 4.78 is 38.4. The van der Waals surface area contributed by atoms with Crippen LogP contribution >= 0.6 is 0 Å². The van der Waals surface area contributed by atoms with Gasteiger partial charge in [-0.25, -0.2) is 12.8 Å². The first-order valence-corrected chi connectivity index (χ1v) is 16.0. The van der Waals surface area contributed by atoms with Crippen molar-refractivity contribution in [2.24, 2.45) is 5.92 Å². The Labute approximate surface area is 248 Å². The van der Waals surface area contributed by atoms with Crippen molar-refractivity contribution in [3.63, 3.8) is 0 Å². The minimum atomic E-state index is -3.34.